The second-order valence-corrected chi connectivity index (χ2v) is 5.02. The average Bonchev–Trinajstić information content (AvgIpc) is 2.88. The largest absolute Gasteiger partial charge is 0.394 e. The van der Waals surface area contributed by atoms with Crippen molar-refractivity contribution in [2.75, 3.05) is 24.6 Å². The van der Waals surface area contributed by atoms with Gasteiger partial charge in [-0.2, -0.15) is 0 Å². The molecule has 18 heavy (non-hydrogen) atoms. The van der Waals surface area contributed by atoms with E-state index >= 15 is 0 Å². The summed E-state index contributed by atoms with van der Waals surface area (Å²) in [5.74, 6) is 0. The van der Waals surface area contributed by atoms with E-state index in [-0.39, 0.29) is 6.61 Å². The first-order valence-corrected chi connectivity index (χ1v) is 7.02. The molecule has 1 fully saturated rings. The Labute approximate surface area is 110 Å². The van der Waals surface area contributed by atoms with Gasteiger partial charge in [-0.05, 0) is 43.5 Å². The summed E-state index contributed by atoms with van der Waals surface area (Å²) in [6.45, 7) is 5.52. The van der Waals surface area contributed by atoms with E-state index in [9.17, 15) is 5.11 Å². The summed E-state index contributed by atoms with van der Waals surface area (Å²) in [6.07, 6.45) is 3.46. The van der Waals surface area contributed by atoms with Gasteiger partial charge in [0.25, 0.3) is 0 Å². The molecular weight excluding hydrogens is 224 g/mol. The summed E-state index contributed by atoms with van der Waals surface area (Å²) in [7, 11) is 0. The molecular formula is C15H24N2O. The quantitative estimate of drug-likeness (QED) is 0.757. The molecule has 0 spiro atoms. The van der Waals surface area contributed by atoms with Crippen LogP contribution >= 0.6 is 0 Å². The molecule has 2 rings (SSSR count). The van der Waals surface area contributed by atoms with Gasteiger partial charge in [-0.1, -0.05) is 19.1 Å². The van der Waals surface area contributed by atoms with Crippen molar-refractivity contribution in [3.05, 3.63) is 29.8 Å². The third-order valence-electron chi connectivity index (χ3n) is 3.61. The molecule has 0 amide bonds. The van der Waals surface area contributed by atoms with E-state index in [1.165, 1.54) is 24.1 Å². The standard InChI is InChI=1S/C15H24N2O/c1-2-9-16-11-13-5-7-14(8-6-13)17-10-3-4-15(17)12-18/h5-8,15-16,18H,2-4,9-12H2,1H3. The lowest BCUT2D eigenvalue weighted by molar-refractivity contribution is 0.266. The van der Waals surface area contributed by atoms with Gasteiger partial charge in [0.15, 0.2) is 0 Å². The van der Waals surface area contributed by atoms with E-state index in [0.717, 1.165) is 26.1 Å². The summed E-state index contributed by atoms with van der Waals surface area (Å²) < 4.78 is 0. The van der Waals surface area contributed by atoms with E-state index < -0.39 is 0 Å². The van der Waals surface area contributed by atoms with Crippen molar-refractivity contribution in [2.45, 2.75) is 38.8 Å². The minimum Gasteiger partial charge on any atom is -0.394 e. The van der Waals surface area contributed by atoms with E-state index in [4.69, 9.17) is 0 Å². The van der Waals surface area contributed by atoms with Crippen molar-refractivity contribution in [1.29, 1.82) is 0 Å². The lowest BCUT2D eigenvalue weighted by atomic mass is 10.1. The fourth-order valence-corrected chi connectivity index (χ4v) is 2.58. The maximum Gasteiger partial charge on any atom is 0.0635 e. The minimum absolute atomic E-state index is 0.264. The van der Waals surface area contributed by atoms with Crippen molar-refractivity contribution in [3.8, 4) is 0 Å². The Morgan fingerprint density at radius 3 is 2.78 bits per heavy atom. The van der Waals surface area contributed by atoms with Crippen LogP contribution in [0.25, 0.3) is 0 Å². The Balaban J connectivity index is 1.94. The zero-order valence-electron chi connectivity index (χ0n) is 11.2. The van der Waals surface area contributed by atoms with E-state index in [1.807, 2.05) is 0 Å². The summed E-state index contributed by atoms with van der Waals surface area (Å²) in [4.78, 5) is 2.32. The Morgan fingerprint density at radius 1 is 1.33 bits per heavy atom. The number of anilines is 1. The van der Waals surface area contributed by atoms with E-state index in [1.54, 1.807) is 0 Å². The van der Waals surface area contributed by atoms with Crippen LogP contribution in [0.1, 0.15) is 31.7 Å². The zero-order valence-corrected chi connectivity index (χ0v) is 11.2. The highest BCUT2D eigenvalue weighted by Gasteiger charge is 2.23. The molecule has 1 atom stereocenters. The molecule has 3 heteroatoms. The van der Waals surface area contributed by atoms with E-state index in [0.29, 0.717) is 6.04 Å². The Morgan fingerprint density at radius 2 is 2.11 bits per heavy atom. The molecule has 1 aromatic carbocycles. The van der Waals surface area contributed by atoms with Gasteiger partial charge >= 0.3 is 0 Å². The smallest absolute Gasteiger partial charge is 0.0635 e. The summed E-state index contributed by atoms with van der Waals surface area (Å²) in [5.41, 5.74) is 2.57. The third kappa shape index (κ3) is 3.24. The number of aliphatic hydroxyl groups excluding tert-OH is 1. The molecule has 0 bridgehead atoms. The van der Waals surface area contributed by atoms with Gasteiger partial charge in [-0.25, -0.2) is 0 Å². The van der Waals surface area contributed by atoms with Gasteiger partial charge in [0.2, 0.25) is 0 Å². The molecule has 1 aliphatic rings. The molecule has 1 heterocycles. The van der Waals surface area contributed by atoms with Gasteiger partial charge in [-0.15, -0.1) is 0 Å². The first kappa shape index (κ1) is 13.4. The van der Waals surface area contributed by atoms with Crippen LogP contribution in [-0.4, -0.2) is 30.8 Å². The zero-order chi connectivity index (χ0) is 12.8. The number of nitrogens with one attached hydrogen (secondary N) is 1. The topological polar surface area (TPSA) is 35.5 Å². The van der Waals surface area contributed by atoms with Crippen molar-refractivity contribution in [1.82, 2.24) is 5.32 Å². The van der Waals surface area contributed by atoms with Crippen molar-refractivity contribution in [2.24, 2.45) is 0 Å². The molecule has 0 aromatic heterocycles. The highest BCUT2D eigenvalue weighted by atomic mass is 16.3. The van der Waals surface area contributed by atoms with Gasteiger partial charge in [0.1, 0.15) is 0 Å². The monoisotopic (exact) mass is 248 g/mol. The molecule has 3 nitrogen and oxygen atoms in total. The van der Waals surface area contributed by atoms with Crippen molar-refractivity contribution >= 4 is 5.69 Å². The van der Waals surface area contributed by atoms with Gasteiger partial charge in [-0.3, -0.25) is 0 Å². The van der Waals surface area contributed by atoms with Crippen molar-refractivity contribution in [3.63, 3.8) is 0 Å². The SMILES string of the molecule is CCCNCc1ccc(N2CCCC2CO)cc1. The molecule has 0 saturated carbocycles. The summed E-state index contributed by atoms with van der Waals surface area (Å²) in [6, 6.07) is 9.04. The number of benzene rings is 1. The Bertz CT molecular complexity index is 350. The van der Waals surface area contributed by atoms with Crippen LogP contribution in [0.4, 0.5) is 5.69 Å². The predicted octanol–water partition coefficient (Wildman–Crippen LogP) is 2.15. The van der Waals surface area contributed by atoms with Crippen LogP contribution in [0.2, 0.25) is 0 Å². The lowest BCUT2D eigenvalue weighted by Crippen LogP contribution is -2.31. The van der Waals surface area contributed by atoms with Gasteiger partial charge in [0, 0.05) is 18.8 Å². The number of rotatable bonds is 6. The second kappa shape index (κ2) is 6.76. The highest BCUT2D eigenvalue weighted by Crippen LogP contribution is 2.25. The maximum atomic E-state index is 9.34. The Hall–Kier alpha value is -1.06. The van der Waals surface area contributed by atoms with Crippen LogP contribution < -0.4 is 10.2 Å². The third-order valence-corrected chi connectivity index (χ3v) is 3.61. The molecule has 1 saturated heterocycles. The molecule has 1 aliphatic heterocycles. The number of aliphatic hydroxyl groups is 1. The first-order valence-electron chi connectivity index (χ1n) is 7.02. The number of hydrogen-bond acceptors (Lipinski definition) is 3. The molecule has 0 radical (unpaired) electrons. The lowest BCUT2D eigenvalue weighted by Gasteiger charge is -2.25. The fourth-order valence-electron chi connectivity index (χ4n) is 2.58. The van der Waals surface area contributed by atoms with Crippen LogP contribution in [0.5, 0.6) is 0 Å². The number of nitrogens with zero attached hydrogens (tertiary/aromatic N) is 1. The van der Waals surface area contributed by atoms with Gasteiger partial charge < -0.3 is 15.3 Å². The van der Waals surface area contributed by atoms with Gasteiger partial charge in [0.05, 0.1) is 12.6 Å². The van der Waals surface area contributed by atoms with Crippen LogP contribution in [-0.2, 0) is 6.54 Å². The fraction of sp³-hybridized carbons (Fsp3) is 0.600. The molecule has 1 aromatic rings. The normalized spacial score (nSPS) is 19.4. The highest BCUT2D eigenvalue weighted by molar-refractivity contribution is 5.49. The van der Waals surface area contributed by atoms with Crippen LogP contribution in [0.15, 0.2) is 24.3 Å². The van der Waals surface area contributed by atoms with E-state index in [2.05, 4.69) is 41.4 Å². The minimum atomic E-state index is 0.264. The average molecular weight is 248 g/mol. The van der Waals surface area contributed by atoms with Crippen LogP contribution in [0, 0.1) is 0 Å². The molecule has 2 N–H and O–H groups in total. The summed E-state index contributed by atoms with van der Waals surface area (Å²) >= 11 is 0. The number of hydrogen-bond donors (Lipinski definition) is 2. The first-order chi connectivity index (χ1) is 8.85. The predicted molar refractivity (Wildman–Crippen MR) is 75.9 cm³/mol. The van der Waals surface area contributed by atoms with Crippen LogP contribution in [0.3, 0.4) is 0 Å². The molecule has 100 valence electrons. The molecule has 0 aliphatic carbocycles. The van der Waals surface area contributed by atoms with Crippen molar-refractivity contribution < 1.29 is 5.11 Å². The second-order valence-electron chi connectivity index (χ2n) is 5.02. The maximum absolute atomic E-state index is 9.34. The Kier molecular flexibility index (Phi) is 5.02. The summed E-state index contributed by atoms with van der Waals surface area (Å²) in [5, 5.41) is 12.8. The molecule has 1 unspecified atom stereocenters.